The Morgan fingerprint density at radius 3 is 2.17 bits per heavy atom. The van der Waals surface area contributed by atoms with Gasteiger partial charge in [0.1, 0.15) is 0 Å². The van der Waals surface area contributed by atoms with Gasteiger partial charge in [0.15, 0.2) is 0 Å². The van der Waals surface area contributed by atoms with Crippen LogP contribution in [0.25, 0.3) is 0 Å². The fourth-order valence-electron chi connectivity index (χ4n) is 4.28. The van der Waals surface area contributed by atoms with Gasteiger partial charge in [-0.15, -0.1) is 0 Å². The maximum atomic E-state index is 11.0. The number of allylic oxidation sites excluding steroid dienone is 3. The molecule has 2 aromatic carbocycles. The van der Waals surface area contributed by atoms with Crippen molar-refractivity contribution in [2.45, 2.75) is 112 Å². The van der Waals surface area contributed by atoms with E-state index in [1.54, 1.807) is 0 Å². The van der Waals surface area contributed by atoms with Gasteiger partial charge in [-0.25, -0.2) is 8.78 Å². The van der Waals surface area contributed by atoms with E-state index in [9.17, 15) is 8.78 Å². The predicted molar refractivity (Wildman–Crippen MR) is 175 cm³/mol. The van der Waals surface area contributed by atoms with Crippen molar-refractivity contribution in [3.05, 3.63) is 96.2 Å². The summed E-state index contributed by atoms with van der Waals surface area (Å²) < 4.78 is 22.0. The van der Waals surface area contributed by atoms with Crippen molar-refractivity contribution >= 4 is 11.4 Å². The maximum Gasteiger partial charge on any atom is 0.242 e. The van der Waals surface area contributed by atoms with E-state index in [1.165, 1.54) is 48.2 Å². The molecule has 2 unspecified atom stereocenters. The summed E-state index contributed by atoms with van der Waals surface area (Å²) in [7, 11) is 2.20. The van der Waals surface area contributed by atoms with Gasteiger partial charge in [0.25, 0.3) is 0 Å². The molecule has 1 aliphatic rings. The second-order valence-corrected chi connectivity index (χ2v) is 10.3. The lowest BCUT2D eigenvalue weighted by atomic mass is 10.0. The second kappa shape index (κ2) is 20.2. The quantitative estimate of drug-likeness (QED) is 0.225. The second-order valence-electron chi connectivity index (χ2n) is 10.3. The average Bonchev–Trinajstić information content (AvgIpc) is 3.21. The minimum absolute atomic E-state index is 0.162. The molecule has 2 aromatic rings. The molecule has 0 N–H and O–H groups in total. The van der Waals surface area contributed by atoms with Crippen molar-refractivity contribution in [3.63, 3.8) is 0 Å². The molecular weight excluding hydrogens is 498 g/mol. The number of aryl methyl sites for hydroxylation is 1. The molecule has 2 atom stereocenters. The lowest BCUT2D eigenvalue weighted by Crippen LogP contribution is -2.32. The number of halogens is 2. The first-order valence-corrected chi connectivity index (χ1v) is 15.1. The number of nitrogens with zero attached hydrogens (tertiary/aromatic N) is 2. The summed E-state index contributed by atoms with van der Waals surface area (Å²) in [6.07, 6.45) is 14.7. The van der Waals surface area contributed by atoms with Crippen LogP contribution in [-0.4, -0.2) is 23.9 Å². The molecule has 4 heteroatoms. The largest absolute Gasteiger partial charge is 0.313 e. The number of para-hydroxylation sites is 1. The summed E-state index contributed by atoms with van der Waals surface area (Å²) in [6, 6.07) is 18.2. The number of likely N-dealkylation sites (N-methyl/N-ethyl adjacent to an activating group) is 1. The summed E-state index contributed by atoms with van der Waals surface area (Å²) in [6.45, 7) is 21.1. The predicted octanol–water partition coefficient (Wildman–Crippen LogP) is 11.7. The summed E-state index contributed by atoms with van der Waals surface area (Å²) in [5.74, 6) is -2.50. The van der Waals surface area contributed by atoms with Crippen LogP contribution in [0.3, 0.4) is 0 Å². The molecule has 1 heterocycles. The Hall–Kier alpha value is -2.72. The molecule has 3 rings (SSSR count). The van der Waals surface area contributed by atoms with Gasteiger partial charge >= 0.3 is 0 Å². The summed E-state index contributed by atoms with van der Waals surface area (Å²) in [5.41, 5.74) is 6.32. The number of unbranched alkanes of at least 4 members (excludes halogenated alkanes) is 2. The number of anilines is 2. The molecule has 0 aliphatic carbocycles. The minimum atomic E-state index is -2.50. The molecule has 0 bridgehead atoms. The van der Waals surface area contributed by atoms with Crippen LogP contribution in [0.4, 0.5) is 20.2 Å². The van der Waals surface area contributed by atoms with Crippen molar-refractivity contribution in [1.29, 1.82) is 0 Å². The molecule has 2 nitrogen and oxygen atoms in total. The first-order valence-electron chi connectivity index (χ1n) is 15.1. The zero-order valence-electron chi connectivity index (χ0n) is 27.0. The van der Waals surface area contributed by atoms with Crippen LogP contribution in [0, 0.1) is 0 Å². The first-order chi connectivity index (χ1) is 19.0. The van der Waals surface area contributed by atoms with E-state index < -0.39 is 5.92 Å². The number of rotatable bonds is 9. The highest BCUT2D eigenvalue weighted by Gasteiger charge is 2.36. The standard InChI is InChI=1S/C28H36N2.C3H6F2.C3H8.C2H6/c1-6-8-10-15-22(3)29(5)28-23(4)30(27-20-13-12-19-26(27)28)25-18-14-17-24(21-25)16-11-9-7-2;1-3(2,4)5;1-3-2;1-2/h6,8,10,12-15,17-22,28H,4,7,9,11,16H2,1-3,5H3;1-2H3;3H2,1-2H3;1-2H3/b8-6-,15-10-;;;. The van der Waals surface area contributed by atoms with Crippen LogP contribution >= 0.6 is 0 Å². The third-order valence-electron chi connectivity index (χ3n) is 6.06. The first kappa shape index (κ1) is 37.3. The molecule has 224 valence electrons. The Morgan fingerprint density at radius 1 is 1.00 bits per heavy atom. The lowest BCUT2D eigenvalue weighted by molar-refractivity contribution is 0.0437. The molecule has 0 spiro atoms. The zero-order chi connectivity index (χ0) is 30.7. The number of hydrogen-bond acceptors (Lipinski definition) is 2. The number of benzene rings is 2. The van der Waals surface area contributed by atoms with Crippen molar-refractivity contribution in [2.75, 3.05) is 11.9 Å². The van der Waals surface area contributed by atoms with Gasteiger partial charge in [0, 0.05) is 17.4 Å². The van der Waals surface area contributed by atoms with Gasteiger partial charge in [-0.05, 0) is 76.9 Å². The van der Waals surface area contributed by atoms with Gasteiger partial charge in [0.2, 0.25) is 5.92 Å². The van der Waals surface area contributed by atoms with Crippen LogP contribution < -0.4 is 4.90 Å². The summed E-state index contributed by atoms with van der Waals surface area (Å²) in [5, 5.41) is 0. The molecular formula is C36H56F2N2. The van der Waals surface area contributed by atoms with Gasteiger partial charge in [-0.1, -0.05) is 115 Å². The molecule has 0 saturated carbocycles. The van der Waals surface area contributed by atoms with E-state index in [0.717, 1.165) is 26.0 Å². The molecule has 0 aromatic heterocycles. The molecule has 0 amide bonds. The van der Waals surface area contributed by atoms with Crippen LogP contribution in [-0.2, 0) is 6.42 Å². The smallest absolute Gasteiger partial charge is 0.242 e. The summed E-state index contributed by atoms with van der Waals surface area (Å²) in [4.78, 5) is 4.76. The van der Waals surface area contributed by atoms with Crippen molar-refractivity contribution in [3.8, 4) is 0 Å². The fourth-order valence-corrected chi connectivity index (χ4v) is 4.28. The van der Waals surface area contributed by atoms with E-state index in [2.05, 4.69) is 124 Å². The van der Waals surface area contributed by atoms with Crippen molar-refractivity contribution in [1.82, 2.24) is 4.90 Å². The molecule has 1 aliphatic heterocycles. The van der Waals surface area contributed by atoms with E-state index in [4.69, 9.17) is 0 Å². The topological polar surface area (TPSA) is 6.48 Å². The van der Waals surface area contributed by atoms with Crippen LogP contribution in [0.1, 0.15) is 105 Å². The highest BCUT2D eigenvalue weighted by atomic mass is 19.3. The minimum Gasteiger partial charge on any atom is -0.313 e. The van der Waals surface area contributed by atoms with E-state index in [0.29, 0.717) is 6.04 Å². The van der Waals surface area contributed by atoms with E-state index in [1.807, 2.05) is 20.8 Å². The van der Waals surface area contributed by atoms with Crippen molar-refractivity contribution < 1.29 is 8.78 Å². The Morgan fingerprint density at radius 2 is 1.60 bits per heavy atom. The Balaban J connectivity index is 0.00000132. The SMILES string of the molecule is C=C1C(N(C)C(C)/C=C\C=C/C)c2ccccc2N1c1cccc(CCCCC)c1.CC.CC(C)(F)F.CCC. The highest BCUT2D eigenvalue weighted by molar-refractivity contribution is 5.77. The number of alkyl halides is 2. The van der Waals surface area contributed by atoms with Crippen LogP contribution in [0.2, 0.25) is 0 Å². The maximum absolute atomic E-state index is 11.0. The van der Waals surface area contributed by atoms with Gasteiger partial charge in [-0.2, -0.15) is 0 Å². The molecule has 0 radical (unpaired) electrons. The van der Waals surface area contributed by atoms with Gasteiger partial charge in [-0.3, -0.25) is 4.90 Å². The number of fused-ring (bicyclic) bond motifs is 1. The zero-order valence-corrected chi connectivity index (χ0v) is 27.0. The fraction of sp³-hybridized carbons (Fsp3) is 0.500. The van der Waals surface area contributed by atoms with Gasteiger partial charge in [0.05, 0.1) is 11.7 Å². The highest BCUT2D eigenvalue weighted by Crippen LogP contribution is 2.48. The number of hydrogen-bond donors (Lipinski definition) is 0. The monoisotopic (exact) mass is 554 g/mol. The molecule has 0 saturated heterocycles. The lowest BCUT2D eigenvalue weighted by Gasteiger charge is -2.31. The van der Waals surface area contributed by atoms with Crippen LogP contribution in [0.5, 0.6) is 0 Å². The van der Waals surface area contributed by atoms with E-state index >= 15 is 0 Å². The molecule has 40 heavy (non-hydrogen) atoms. The van der Waals surface area contributed by atoms with Crippen LogP contribution in [0.15, 0.2) is 85.1 Å². The third-order valence-corrected chi connectivity index (χ3v) is 6.06. The van der Waals surface area contributed by atoms with Gasteiger partial charge < -0.3 is 4.90 Å². The Labute approximate surface area is 245 Å². The molecule has 0 fully saturated rings. The average molecular weight is 555 g/mol. The third kappa shape index (κ3) is 13.1. The van der Waals surface area contributed by atoms with E-state index in [-0.39, 0.29) is 6.04 Å². The normalized spacial score (nSPS) is 15.2. The summed E-state index contributed by atoms with van der Waals surface area (Å²) >= 11 is 0. The Bertz CT molecular complexity index is 1010. The van der Waals surface area contributed by atoms with Crippen molar-refractivity contribution in [2.24, 2.45) is 0 Å². The Kier molecular flexibility index (Phi) is 18.8.